The highest BCUT2D eigenvalue weighted by atomic mass is 35.5. The van der Waals surface area contributed by atoms with E-state index in [0.717, 1.165) is 17.5 Å². The van der Waals surface area contributed by atoms with Crippen molar-refractivity contribution < 1.29 is 22.8 Å². The molecule has 0 spiro atoms. The minimum absolute atomic E-state index is 0.109. The van der Waals surface area contributed by atoms with Crippen LogP contribution in [0.15, 0.2) is 31.0 Å². The summed E-state index contributed by atoms with van der Waals surface area (Å²) < 4.78 is 40.6. The zero-order valence-corrected chi connectivity index (χ0v) is 19.0. The van der Waals surface area contributed by atoms with Gasteiger partial charge >= 0.3 is 6.18 Å². The Kier molecular flexibility index (Phi) is 6.18. The highest BCUT2D eigenvalue weighted by molar-refractivity contribution is 7.13. The molecule has 0 bridgehead atoms. The molecular formula is C19H14ClF3N8O2S. The number of fused-ring (bicyclic) bond motifs is 1. The lowest BCUT2D eigenvalue weighted by atomic mass is 10.2. The smallest absolute Gasteiger partial charge is 0.342 e. The summed E-state index contributed by atoms with van der Waals surface area (Å²) in [6.07, 6.45) is 0.0979. The Morgan fingerprint density at radius 1 is 1.12 bits per heavy atom. The minimum Gasteiger partial charge on any atom is -0.342 e. The fourth-order valence-corrected chi connectivity index (χ4v) is 3.99. The Morgan fingerprint density at radius 2 is 1.88 bits per heavy atom. The van der Waals surface area contributed by atoms with Gasteiger partial charge in [-0.05, 0) is 13.0 Å². The number of alkyl halides is 3. The monoisotopic (exact) mass is 510 g/mol. The number of carbonyl (C=O) groups excluding carboxylic acids is 2. The minimum atomic E-state index is -4.70. The van der Waals surface area contributed by atoms with Crippen LogP contribution < -0.4 is 10.6 Å². The first-order chi connectivity index (χ1) is 16.0. The number of hydrogen-bond acceptors (Lipinski definition) is 8. The van der Waals surface area contributed by atoms with E-state index in [9.17, 15) is 22.8 Å². The molecule has 2 amide bonds. The number of thiazole rings is 1. The van der Waals surface area contributed by atoms with Gasteiger partial charge in [0.25, 0.3) is 11.8 Å². The van der Waals surface area contributed by atoms with E-state index < -0.39 is 34.6 Å². The van der Waals surface area contributed by atoms with Gasteiger partial charge in [-0.1, -0.05) is 11.6 Å². The molecule has 0 radical (unpaired) electrons. The number of halogens is 4. The van der Waals surface area contributed by atoms with Gasteiger partial charge in [0.1, 0.15) is 27.7 Å². The lowest BCUT2D eigenvalue weighted by Crippen LogP contribution is -2.27. The highest BCUT2D eigenvalue weighted by Crippen LogP contribution is 2.35. The SMILES string of the molecule is C[C@@H](NC(=O)c1ncnc2c1cnn2C)c1ncc(C(=O)Nc2cc(C(F)(F)F)c(Cl)cn2)s1. The fourth-order valence-electron chi connectivity index (χ4n) is 2.96. The van der Waals surface area contributed by atoms with E-state index in [2.05, 4.69) is 35.7 Å². The molecule has 4 aromatic heterocycles. The van der Waals surface area contributed by atoms with Crippen LogP contribution in [0.25, 0.3) is 11.0 Å². The van der Waals surface area contributed by atoms with Gasteiger partial charge in [0.05, 0.1) is 34.4 Å². The highest BCUT2D eigenvalue weighted by Gasteiger charge is 2.34. The van der Waals surface area contributed by atoms with Crippen molar-refractivity contribution >= 4 is 51.6 Å². The topological polar surface area (TPSA) is 128 Å². The van der Waals surface area contributed by atoms with Gasteiger partial charge in [-0.2, -0.15) is 18.3 Å². The third-order valence-corrected chi connectivity index (χ3v) is 6.09. The maximum Gasteiger partial charge on any atom is 0.418 e. The van der Waals surface area contributed by atoms with Gasteiger partial charge in [-0.25, -0.2) is 19.9 Å². The number of anilines is 1. The van der Waals surface area contributed by atoms with Crippen molar-refractivity contribution in [2.24, 2.45) is 7.05 Å². The van der Waals surface area contributed by atoms with Crippen molar-refractivity contribution in [1.29, 1.82) is 0 Å². The van der Waals surface area contributed by atoms with Crippen LogP contribution in [0.5, 0.6) is 0 Å². The van der Waals surface area contributed by atoms with E-state index in [1.807, 2.05) is 0 Å². The summed E-state index contributed by atoms with van der Waals surface area (Å²) in [5.41, 5.74) is -0.493. The van der Waals surface area contributed by atoms with Gasteiger partial charge in [-0.3, -0.25) is 14.3 Å². The van der Waals surface area contributed by atoms with Crippen LogP contribution in [0.2, 0.25) is 5.02 Å². The molecule has 10 nitrogen and oxygen atoms in total. The Morgan fingerprint density at radius 3 is 2.62 bits per heavy atom. The number of aryl methyl sites for hydroxylation is 1. The van der Waals surface area contributed by atoms with Crippen LogP contribution in [0.3, 0.4) is 0 Å². The van der Waals surface area contributed by atoms with Crippen molar-refractivity contribution in [3.63, 3.8) is 0 Å². The predicted octanol–water partition coefficient (Wildman–Crippen LogP) is 3.63. The van der Waals surface area contributed by atoms with Crippen molar-refractivity contribution in [2.45, 2.75) is 19.1 Å². The molecule has 0 saturated heterocycles. The second-order valence-corrected chi connectivity index (χ2v) is 8.46. The van der Waals surface area contributed by atoms with Gasteiger partial charge in [0.2, 0.25) is 0 Å². The van der Waals surface area contributed by atoms with Crippen molar-refractivity contribution in [1.82, 2.24) is 35.0 Å². The zero-order chi connectivity index (χ0) is 24.6. The van der Waals surface area contributed by atoms with E-state index in [1.165, 1.54) is 23.4 Å². The molecule has 4 heterocycles. The van der Waals surface area contributed by atoms with Crippen LogP contribution in [0.4, 0.5) is 19.0 Å². The van der Waals surface area contributed by atoms with Crippen LogP contribution >= 0.6 is 22.9 Å². The number of pyridine rings is 1. The summed E-state index contributed by atoms with van der Waals surface area (Å²) in [5.74, 6) is -1.51. The molecular weight excluding hydrogens is 497 g/mol. The second kappa shape index (κ2) is 8.95. The first kappa shape index (κ1) is 23.5. The largest absolute Gasteiger partial charge is 0.418 e. The first-order valence-corrected chi connectivity index (χ1v) is 10.7. The maximum atomic E-state index is 13.0. The van der Waals surface area contributed by atoms with Gasteiger partial charge in [-0.15, -0.1) is 11.3 Å². The Balaban J connectivity index is 1.46. The normalized spacial score (nSPS) is 12.5. The molecule has 4 aromatic rings. The fraction of sp³-hybridized carbons (Fsp3) is 0.211. The molecule has 34 heavy (non-hydrogen) atoms. The van der Waals surface area contributed by atoms with Crippen molar-refractivity contribution in [3.8, 4) is 0 Å². The van der Waals surface area contributed by atoms with Crippen LogP contribution in [0, 0.1) is 0 Å². The van der Waals surface area contributed by atoms with Crippen molar-refractivity contribution in [2.75, 3.05) is 5.32 Å². The van der Waals surface area contributed by atoms with Crippen molar-refractivity contribution in [3.05, 3.63) is 57.1 Å². The molecule has 1 atom stereocenters. The van der Waals surface area contributed by atoms with Crippen LogP contribution in [-0.4, -0.2) is 41.5 Å². The third-order valence-electron chi connectivity index (χ3n) is 4.61. The van der Waals surface area contributed by atoms with E-state index in [0.29, 0.717) is 22.1 Å². The molecule has 2 N–H and O–H groups in total. The molecule has 0 aliphatic rings. The van der Waals surface area contributed by atoms with E-state index in [-0.39, 0.29) is 16.4 Å². The number of rotatable bonds is 5. The summed E-state index contributed by atoms with van der Waals surface area (Å²) in [4.78, 5) is 41.3. The molecule has 15 heteroatoms. The molecule has 0 unspecified atom stereocenters. The average molecular weight is 511 g/mol. The molecule has 0 aliphatic carbocycles. The summed E-state index contributed by atoms with van der Waals surface area (Å²) in [6.45, 7) is 1.66. The average Bonchev–Trinajstić information content (AvgIpc) is 3.42. The lowest BCUT2D eigenvalue weighted by molar-refractivity contribution is -0.137. The van der Waals surface area contributed by atoms with E-state index in [4.69, 9.17) is 11.6 Å². The van der Waals surface area contributed by atoms with Gasteiger partial charge in [0, 0.05) is 13.2 Å². The maximum absolute atomic E-state index is 13.0. The summed E-state index contributed by atoms with van der Waals surface area (Å²) in [7, 11) is 1.69. The predicted molar refractivity (Wildman–Crippen MR) is 117 cm³/mol. The number of hydrogen-bond donors (Lipinski definition) is 2. The van der Waals surface area contributed by atoms with Gasteiger partial charge < -0.3 is 10.6 Å². The molecule has 4 rings (SSSR count). The molecule has 0 saturated carbocycles. The zero-order valence-electron chi connectivity index (χ0n) is 17.4. The van der Waals surface area contributed by atoms with E-state index in [1.54, 1.807) is 14.0 Å². The summed E-state index contributed by atoms with van der Waals surface area (Å²) in [5, 5.41) is 9.38. The van der Waals surface area contributed by atoms with E-state index >= 15 is 0 Å². The quantitative estimate of drug-likeness (QED) is 0.419. The standard InChI is InChI=1S/C19H14ClF3N8O2S/c1-8(29-17(33)14-9-4-28-31(2)15(9)27-7-26-14)18-25-6-12(34-18)16(32)30-13-3-10(19(21,22)23)11(20)5-24-13/h3-8H,1-2H3,(H,29,33)(H,24,30,32)/t8-/m1/s1. The molecule has 0 aliphatic heterocycles. The number of aromatic nitrogens is 6. The number of carbonyl (C=O) groups is 2. The Bertz CT molecular complexity index is 1400. The van der Waals surface area contributed by atoms with Crippen LogP contribution in [-0.2, 0) is 13.2 Å². The molecule has 176 valence electrons. The first-order valence-electron chi connectivity index (χ1n) is 9.48. The molecule has 0 fully saturated rings. The number of amides is 2. The van der Waals surface area contributed by atoms with Crippen LogP contribution in [0.1, 0.15) is 43.7 Å². The third kappa shape index (κ3) is 4.68. The molecule has 0 aromatic carbocycles. The Hall–Kier alpha value is -3.65. The summed E-state index contributed by atoms with van der Waals surface area (Å²) >= 11 is 6.50. The second-order valence-electron chi connectivity index (χ2n) is 6.99. The Labute approximate surface area is 198 Å². The summed E-state index contributed by atoms with van der Waals surface area (Å²) in [6, 6.07) is 0.0533. The van der Waals surface area contributed by atoms with Gasteiger partial charge in [0.15, 0.2) is 5.65 Å². The number of nitrogens with one attached hydrogen (secondary N) is 2. The lowest BCUT2D eigenvalue weighted by Gasteiger charge is -2.11. The number of nitrogens with zero attached hydrogens (tertiary/aromatic N) is 6.